The Balaban J connectivity index is 1.41. The average Bonchev–Trinajstić information content (AvgIpc) is 3.20. The van der Waals surface area contributed by atoms with Gasteiger partial charge in [-0.15, -0.1) is 0 Å². The van der Waals surface area contributed by atoms with Crippen molar-refractivity contribution in [3.63, 3.8) is 0 Å². The minimum atomic E-state index is -1.04. The number of nitrogens with one attached hydrogen (secondary N) is 2. The zero-order valence-electron chi connectivity index (χ0n) is 34.0. The molecule has 13 heteroatoms. The number of primary amides is 1. The molecule has 6 atom stereocenters. The lowest BCUT2D eigenvalue weighted by Gasteiger charge is -2.30. The molecule has 2 bridgehead atoms. The highest BCUT2D eigenvalue weighted by molar-refractivity contribution is 6.24. The molecule has 2 heterocycles. The van der Waals surface area contributed by atoms with Crippen molar-refractivity contribution in [2.45, 2.75) is 84.5 Å². The first-order valence-electron chi connectivity index (χ1n) is 19.5. The number of aliphatic hydroxyl groups excluding tert-OH is 1. The Labute approximate surface area is 339 Å². The fourth-order valence-corrected chi connectivity index (χ4v) is 7.62. The van der Waals surface area contributed by atoms with Crippen LogP contribution in [0.3, 0.4) is 0 Å². The number of carbonyl (C=O) groups is 5. The first-order valence-corrected chi connectivity index (χ1v) is 19.5. The van der Waals surface area contributed by atoms with Gasteiger partial charge in [-0.2, -0.15) is 0 Å². The summed E-state index contributed by atoms with van der Waals surface area (Å²) in [4.78, 5) is 69.1. The Hall–Kier alpha value is -5.47. The maximum atomic E-state index is 14.1. The standard InChI is InChI=1S/C45H54N4O9/c1-26-20-34-39(48-44(54)32-16-14-30(15-17-32)24-49-19-18-31-11-7-8-12-33(31)25-49)36(50)23-35(41(34)52)47-43(53)27(2)10-9-13-37(56-5)42(58-45(46)55)29(4)22-28(3)40(51)38(21-26)57-6/h7-17,22-23,26,28,37-38,40,42,51H,18-21,24-25H2,1-6H3,(H2,46,55)(H,47,53)(H,48,54)/b13-9-,27-10+,29-22+/t26-,28+,37+,38+,40-,42+/m1/s1. The quantitative estimate of drug-likeness (QED) is 0.225. The predicted molar refractivity (Wildman–Crippen MR) is 218 cm³/mol. The normalized spacial score (nSPS) is 27.6. The number of hydrogen-bond donors (Lipinski definition) is 4. The summed E-state index contributed by atoms with van der Waals surface area (Å²) in [5, 5.41) is 16.7. The van der Waals surface area contributed by atoms with E-state index in [0.717, 1.165) is 31.1 Å². The molecule has 0 fully saturated rings. The molecular weight excluding hydrogens is 741 g/mol. The number of nitrogens with zero attached hydrogens (tertiary/aromatic N) is 1. The minimum absolute atomic E-state index is 0.0166. The summed E-state index contributed by atoms with van der Waals surface area (Å²) in [5.41, 5.74) is 9.77. The third-order valence-corrected chi connectivity index (χ3v) is 10.9. The van der Waals surface area contributed by atoms with Gasteiger partial charge in [-0.3, -0.25) is 24.1 Å². The van der Waals surface area contributed by atoms with E-state index in [2.05, 4.69) is 39.8 Å². The Morgan fingerprint density at radius 3 is 2.38 bits per heavy atom. The number of fused-ring (bicyclic) bond motifs is 3. The molecule has 0 radical (unpaired) electrons. The molecule has 0 spiro atoms. The molecule has 5 rings (SSSR count). The van der Waals surface area contributed by atoms with Crippen LogP contribution in [-0.4, -0.2) is 84.7 Å². The third kappa shape index (κ3) is 10.9. The molecule has 308 valence electrons. The number of aliphatic hydroxyl groups is 1. The summed E-state index contributed by atoms with van der Waals surface area (Å²) >= 11 is 0. The number of rotatable bonds is 7. The maximum absolute atomic E-state index is 14.1. The predicted octanol–water partition coefficient (Wildman–Crippen LogP) is 4.75. The van der Waals surface area contributed by atoms with Crippen molar-refractivity contribution in [3.05, 3.63) is 129 Å². The minimum Gasteiger partial charge on any atom is -0.439 e. The molecule has 0 aromatic heterocycles. The van der Waals surface area contributed by atoms with Gasteiger partial charge in [0.1, 0.15) is 6.10 Å². The Morgan fingerprint density at radius 1 is 1.00 bits per heavy atom. The van der Waals surface area contributed by atoms with Crippen LogP contribution in [0.2, 0.25) is 0 Å². The van der Waals surface area contributed by atoms with Crippen molar-refractivity contribution < 1.29 is 43.3 Å². The summed E-state index contributed by atoms with van der Waals surface area (Å²) in [7, 11) is 2.89. The summed E-state index contributed by atoms with van der Waals surface area (Å²) < 4.78 is 16.7. The summed E-state index contributed by atoms with van der Waals surface area (Å²) in [6.07, 6.45) is 4.01. The first kappa shape index (κ1) is 43.6. The molecule has 5 N–H and O–H groups in total. The van der Waals surface area contributed by atoms with E-state index < -0.39 is 59.8 Å². The van der Waals surface area contributed by atoms with Crippen molar-refractivity contribution in [1.29, 1.82) is 0 Å². The van der Waals surface area contributed by atoms with E-state index in [9.17, 15) is 29.1 Å². The second-order valence-corrected chi connectivity index (χ2v) is 15.3. The highest BCUT2D eigenvalue weighted by atomic mass is 16.6. The van der Waals surface area contributed by atoms with Crippen LogP contribution in [-0.2, 0) is 48.1 Å². The second-order valence-electron chi connectivity index (χ2n) is 15.3. The fraction of sp³-hybridized carbons (Fsp3) is 0.400. The topological polar surface area (TPSA) is 187 Å². The van der Waals surface area contributed by atoms with Crippen LogP contribution < -0.4 is 16.4 Å². The molecule has 0 saturated heterocycles. The van der Waals surface area contributed by atoms with Crippen LogP contribution in [0.5, 0.6) is 0 Å². The number of allylic oxidation sites excluding steroid dienone is 4. The van der Waals surface area contributed by atoms with Gasteiger partial charge in [0, 0.05) is 62.6 Å². The number of nitrogens with two attached hydrogens (primary N) is 1. The van der Waals surface area contributed by atoms with Gasteiger partial charge in [0.15, 0.2) is 6.10 Å². The van der Waals surface area contributed by atoms with Crippen molar-refractivity contribution in [2.75, 3.05) is 20.8 Å². The largest absolute Gasteiger partial charge is 0.439 e. The number of methoxy groups -OCH3 is 2. The molecule has 0 unspecified atom stereocenters. The smallest absolute Gasteiger partial charge is 0.405 e. The molecular formula is C45H54N4O9. The van der Waals surface area contributed by atoms with Crippen LogP contribution >= 0.6 is 0 Å². The third-order valence-electron chi connectivity index (χ3n) is 10.9. The molecule has 3 amide bonds. The van der Waals surface area contributed by atoms with Gasteiger partial charge in [-0.1, -0.05) is 74.5 Å². The Kier molecular flexibility index (Phi) is 14.9. The highest BCUT2D eigenvalue weighted by Crippen LogP contribution is 2.29. The number of ketones is 2. The molecule has 58 heavy (non-hydrogen) atoms. The number of amides is 3. The van der Waals surface area contributed by atoms with E-state index in [0.29, 0.717) is 17.7 Å². The van der Waals surface area contributed by atoms with E-state index in [4.69, 9.17) is 19.9 Å². The molecule has 2 aromatic carbocycles. The SMILES string of the molecule is CO[C@H]1/C=C\C=C(/C)C(=O)NC2=CC(=O)C(NC(=O)c3ccc(CN4CCc5ccccc5C4)cc3)=C(C[C@@H](C)C[C@H](OC)[C@H](O)[C@@H](C)/C=C(\C)[C@@H]1OC(N)=O)C2=O. The summed E-state index contributed by atoms with van der Waals surface area (Å²) in [6.45, 7) is 9.35. The first-order chi connectivity index (χ1) is 27.7. The lowest BCUT2D eigenvalue weighted by atomic mass is 9.85. The zero-order chi connectivity index (χ0) is 42.1. The van der Waals surface area contributed by atoms with Crippen molar-refractivity contribution in [1.82, 2.24) is 15.5 Å². The van der Waals surface area contributed by atoms with Crippen LogP contribution in [0.15, 0.2) is 107 Å². The van der Waals surface area contributed by atoms with Gasteiger partial charge >= 0.3 is 6.09 Å². The average molecular weight is 795 g/mol. The molecule has 3 aliphatic rings. The van der Waals surface area contributed by atoms with Gasteiger partial charge in [0.2, 0.25) is 11.6 Å². The highest BCUT2D eigenvalue weighted by Gasteiger charge is 2.34. The fourth-order valence-electron chi connectivity index (χ4n) is 7.62. The lowest BCUT2D eigenvalue weighted by Crippen LogP contribution is -2.38. The Bertz CT molecular complexity index is 2050. The molecule has 1 aliphatic carbocycles. The van der Waals surface area contributed by atoms with Gasteiger partial charge < -0.3 is 35.7 Å². The van der Waals surface area contributed by atoms with Crippen LogP contribution in [0.4, 0.5) is 4.79 Å². The van der Waals surface area contributed by atoms with Gasteiger partial charge in [-0.05, 0) is 73.4 Å². The van der Waals surface area contributed by atoms with E-state index in [1.165, 1.54) is 44.4 Å². The molecule has 2 aliphatic heterocycles. The number of carbonyl (C=O) groups excluding carboxylic acids is 5. The molecule has 2 aromatic rings. The van der Waals surface area contributed by atoms with Crippen molar-refractivity contribution in [2.24, 2.45) is 17.6 Å². The van der Waals surface area contributed by atoms with E-state index in [1.807, 2.05) is 19.1 Å². The summed E-state index contributed by atoms with van der Waals surface area (Å²) in [5.74, 6) is -3.35. The number of Topliss-reactive ketones (excluding diaryl/α,β-unsaturated/α-hetero) is 1. The van der Waals surface area contributed by atoms with E-state index in [-0.39, 0.29) is 41.3 Å². The lowest BCUT2D eigenvalue weighted by molar-refractivity contribution is -0.120. The number of benzene rings is 2. The number of hydrogen-bond acceptors (Lipinski definition) is 10. The molecule has 0 saturated carbocycles. The van der Waals surface area contributed by atoms with Crippen molar-refractivity contribution >= 4 is 29.5 Å². The van der Waals surface area contributed by atoms with Crippen LogP contribution in [0, 0.1) is 11.8 Å². The monoisotopic (exact) mass is 794 g/mol. The van der Waals surface area contributed by atoms with Gasteiger partial charge in [0.05, 0.1) is 23.6 Å². The van der Waals surface area contributed by atoms with Crippen LogP contribution in [0.25, 0.3) is 0 Å². The maximum Gasteiger partial charge on any atom is 0.405 e. The van der Waals surface area contributed by atoms with Crippen molar-refractivity contribution in [3.8, 4) is 0 Å². The van der Waals surface area contributed by atoms with Crippen LogP contribution in [0.1, 0.15) is 67.6 Å². The zero-order valence-corrected chi connectivity index (χ0v) is 34.0. The van der Waals surface area contributed by atoms with E-state index >= 15 is 0 Å². The van der Waals surface area contributed by atoms with Gasteiger partial charge in [0.25, 0.3) is 11.8 Å². The number of ether oxygens (including phenoxy) is 3. The van der Waals surface area contributed by atoms with Gasteiger partial charge in [-0.25, -0.2) is 4.79 Å². The summed E-state index contributed by atoms with van der Waals surface area (Å²) in [6, 6.07) is 15.6. The van der Waals surface area contributed by atoms with E-state index in [1.54, 1.807) is 38.1 Å². The Morgan fingerprint density at radius 2 is 1.71 bits per heavy atom. The second kappa shape index (κ2) is 19.8. The molecule has 13 nitrogen and oxygen atoms in total.